The van der Waals surface area contributed by atoms with Crippen LogP contribution in [-0.2, 0) is 32.1 Å². The van der Waals surface area contributed by atoms with E-state index in [0.29, 0.717) is 17.7 Å². The van der Waals surface area contributed by atoms with E-state index < -0.39 is 17.9 Å². The first-order chi connectivity index (χ1) is 17.5. The molecule has 186 valence electrons. The quantitative estimate of drug-likeness (QED) is 0.255. The number of methoxy groups -OCH3 is 2. The number of hydrogen-bond donors (Lipinski definition) is 0. The first kappa shape index (κ1) is 25.1. The highest BCUT2D eigenvalue weighted by Gasteiger charge is 2.44. The maximum atomic E-state index is 13.6. The molecule has 0 saturated carbocycles. The molecular weight excluding hydrogens is 463 g/mol. The van der Waals surface area contributed by atoms with E-state index in [-0.39, 0.29) is 24.9 Å². The van der Waals surface area contributed by atoms with Crippen molar-refractivity contribution in [3.05, 3.63) is 107 Å². The molecule has 1 heterocycles. The fourth-order valence-electron chi connectivity index (χ4n) is 4.01. The summed E-state index contributed by atoms with van der Waals surface area (Å²) in [5.74, 6) is -0.805. The summed E-state index contributed by atoms with van der Waals surface area (Å²) in [6.45, 7) is 0.0158. The van der Waals surface area contributed by atoms with Gasteiger partial charge >= 0.3 is 5.91 Å². The lowest BCUT2D eigenvalue weighted by Crippen LogP contribution is -2.58. The third kappa shape index (κ3) is 5.79. The molecule has 1 saturated heterocycles. The number of halogens is 1. The normalized spacial score (nSPS) is 17.1. The number of benzene rings is 3. The predicted molar refractivity (Wildman–Crippen MR) is 132 cm³/mol. The summed E-state index contributed by atoms with van der Waals surface area (Å²) in [6, 6.07) is 22.0. The van der Waals surface area contributed by atoms with Crippen molar-refractivity contribution in [2.24, 2.45) is 0 Å². The van der Waals surface area contributed by atoms with Crippen LogP contribution in [0.1, 0.15) is 16.7 Å². The Labute approximate surface area is 209 Å². The summed E-state index contributed by atoms with van der Waals surface area (Å²) in [5, 5.41) is 0.761. The molecule has 1 atom stereocenters. The molecule has 7 nitrogen and oxygen atoms in total. The van der Waals surface area contributed by atoms with E-state index in [4.69, 9.17) is 14.3 Å². The van der Waals surface area contributed by atoms with E-state index in [0.717, 1.165) is 16.2 Å². The van der Waals surface area contributed by atoms with Crippen LogP contribution in [0.5, 0.6) is 5.75 Å². The van der Waals surface area contributed by atoms with Crippen LogP contribution in [0.3, 0.4) is 0 Å². The zero-order valence-electron chi connectivity index (χ0n) is 20.1. The van der Waals surface area contributed by atoms with Crippen molar-refractivity contribution in [1.82, 2.24) is 9.96 Å². The smallest absolute Gasteiger partial charge is 0.301 e. The van der Waals surface area contributed by atoms with Crippen molar-refractivity contribution in [3.63, 3.8) is 0 Å². The van der Waals surface area contributed by atoms with Crippen LogP contribution < -0.4 is 4.74 Å². The minimum atomic E-state index is -0.740. The lowest BCUT2D eigenvalue weighted by Gasteiger charge is -2.41. The topological polar surface area (TPSA) is 68.3 Å². The third-order valence-electron chi connectivity index (χ3n) is 5.83. The van der Waals surface area contributed by atoms with Gasteiger partial charge in [0.1, 0.15) is 23.3 Å². The summed E-state index contributed by atoms with van der Waals surface area (Å²) in [7, 11) is 3.00. The van der Waals surface area contributed by atoms with Gasteiger partial charge in [0.05, 0.1) is 7.11 Å². The molecule has 8 heteroatoms. The minimum Gasteiger partial charge on any atom is -0.497 e. The molecule has 2 amide bonds. The zero-order chi connectivity index (χ0) is 25.5. The highest BCUT2D eigenvalue weighted by Crippen LogP contribution is 2.29. The third-order valence-corrected chi connectivity index (χ3v) is 5.83. The van der Waals surface area contributed by atoms with E-state index in [1.807, 2.05) is 54.6 Å². The number of amides is 2. The van der Waals surface area contributed by atoms with E-state index in [9.17, 15) is 14.0 Å². The number of carbonyl (C=O) groups excluding carboxylic acids is 2. The number of imide groups is 1. The standard InChI is InChI=1S/C28H27FN2O5/c1-34-19-36-31-27(32)25(16-20-6-4-3-5-7-20)30(18-22-10-14-24(35-2)15-11-22)26(28(31)33)17-21-8-12-23(29)13-9-21/h3-15,17,25H,16,18-19H2,1-2H3/b26-17-. The molecule has 3 aromatic carbocycles. The Bertz CT molecular complexity index is 1210. The molecule has 0 radical (unpaired) electrons. The van der Waals surface area contributed by atoms with Gasteiger partial charge in [0, 0.05) is 20.1 Å². The van der Waals surface area contributed by atoms with Gasteiger partial charge in [0.25, 0.3) is 5.91 Å². The lowest BCUT2D eigenvalue weighted by atomic mass is 9.98. The minimum absolute atomic E-state index is 0.245. The number of ether oxygens (including phenoxy) is 2. The van der Waals surface area contributed by atoms with Crippen molar-refractivity contribution in [1.29, 1.82) is 0 Å². The van der Waals surface area contributed by atoms with E-state index >= 15 is 0 Å². The molecule has 1 aliphatic rings. The van der Waals surface area contributed by atoms with Crippen molar-refractivity contribution >= 4 is 17.9 Å². The van der Waals surface area contributed by atoms with Crippen LogP contribution in [0.4, 0.5) is 4.39 Å². The van der Waals surface area contributed by atoms with Crippen molar-refractivity contribution in [2.75, 3.05) is 21.0 Å². The Hall–Kier alpha value is -4.01. The summed E-state index contributed by atoms with van der Waals surface area (Å²) >= 11 is 0. The maximum absolute atomic E-state index is 13.6. The fourth-order valence-corrected chi connectivity index (χ4v) is 4.01. The molecule has 3 aromatic rings. The average molecular weight is 491 g/mol. The number of hydroxylamine groups is 2. The Balaban J connectivity index is 1.79. The van der Waals surface area contributed by atoms with Gasteiger partial charge in [-0.25, -0.2) is 9.23 Å². The van der Waals surface area contributed by atoms with Gasteiger partial charge < -0.3 is 14.4 Å². The highest BCUT2D eigenvalue weighted by atomic mass is 19.1. The van der Waals surface area contributed by atoms with Crippen LogP contribution in [0.15, 0.2) is 84.6 Å². The van der Waals surface area contributed by atoms with Crippen LogP contribution in [0.25, 0.3) is 6.08 Å². The average Bonchev–Trinajstić information content (AvgIpc) is 2.90. The summed E-state index contributed by atoms with van der Waals surface area (Å²) in [4.78, 5) is 34.3. The largest absolute Gasteiger partial charge is 0.497 e. The molecule has 1 aliphatic heterocycles. The van der Waals surface area contributed by atoms with Gasteiger partial charge in [-0.05, 0) is 47.0 Å². The number of rotatable bonds is 9. The molecule has 0 bridgehead atoms. The van der Waals surface area contributed by atoms with E-state index in [1.54, 1.807) is 30.2 Å². The van der Waals surface area contributed by atoms with Crippen LogP contribution >= 0.6 is 0 Å². The van der Waals surface area contributed by atoms with Gasteiger partial charge in [-0.1, -0.05) is 54.6 Å². The molecule has 0 spiro atoms. The Kier molecular flexibility index (Phi) is 8.10. The molecule has 0 N–H and O–H groups in total. The van der Waals surface area contributed by atoms with Crippen LogP contribution in [0.2, 0.25) is 0 Å². The molecule has 36 heavy (non-hydrogen) atoms. The fraction of sp³-hybridized carbons (Fsp3) is 0.214. The first-order valence-electron chi connectivity index (χ1n) is 11.4. The molecule has 0 aromatic heterocycles. The molecule has 4 rings (SSSR count). The summed E-state index contributed by atoms with van der Waals surface area (Å²) in [5.41, 5.74) is 2.66. The highest BCUT2D eigenvalue weighted by molar-refractivity contribution is 6.09. The maximum Gasteiger partial charge on any atom is 0.301 e. The summed E-state index contributed by atoms with van der Waals surface area (Å²) in [6.07, 6.45) is 1.98. The Morgan fingerprint density at radius 1 is 0.889 bits per heavy atom. The van der Waals surface area contributed by atoms with Crippen molar-refractivity contribution < 1.29 is 28.3 Å². The summed E-state index contributed by atoms with van der Waals surface area (Å²) < 4.78 is 23.7. The second-order valence-electron chi connectivity index (χ2n) is 8.24. The predicted octanol–water partition coefficient (Wildman–Crippen LogP) is 4.19. The molecular formula is C28H27FN2O5. The number of piperazine rings is 1. The van der Waals surface area contributed by atoms with Gasteiger partial charge in [-0.2, -0.15) is 0 Å². The second kappa shape index (κ2) is 11.6. The molecule has 1 fully saturated rings. The number of hydrogen-bond acceptors (Lipinski definition) is 6. The first-order valence-corrected chi connectivity index (χ1v) is 11.4. The number of carbonyl (C=O) groups is 2. The van der Waals surface area contributed by atoms with Gasteiger partial charge in [-0.3, -0.25) is 9.59 Å². The molecule has 0 aliphatic carbocycles. The number of nitrogens with zero attached hydrogens (tertiary/aromatic N) is 2. The zero-order valence-corrected chi connectivity index (χ0v) is 20.1. The van der Waals surface area contributed by atoms with Gasteiger partial charge in [0.2, 0.25) is 0 Å². The van der Waals surface area contributed by atoms with Crippen molar-refractivity contribution in [2.45, 2.75) is 19.0 Å². The van der Waals surface area contributed by atoms with Gasteiger partial charge in [-0.15, -0.1) is 5.06 Å². The van der Waals surface area contributed by atoms with Gasteiger partial charge in [0.15, 0.2) is 6.79 Å². The second-order valence-corrected chi connectivity index (χ2v) is 8.24. The van der Waals surface area contributed by atoms with Crippen LogP contribution in [-0.4, -0.2) is 48.8 Å². The van der Waals surface area contributed by atoms with E-state index in [1.165, 1.54) is 19.2 Å². The Morgan fingerprint density at radius 3 is 2.22 bits per heavy atom. The molecule has 1 unspecified atom stereocenters. The van der Waals surface area contributed by atoms with Crippen molar-refractivity contribution in [3.8, 4) is 5.75 Å². The SMILES string of the molecule is COCON1C(=O)/C(=C/c2ccc(F)cc2)N(Cc2ccc(OC)cc2)C(Cc2ccccc2)C1=O. The van der Waals surface area contributed by atoms with E-state index in [2.05, 4.69) is 0 Å². The Morgan fingerprint density at radius 2 is 1.58 bits per heavy atom. The lowest BCUT2D eigenvalue weighted by molar-refractivity contribution is -0.225. The van der Waals surface area contributed by atoms with Crippen LogP contribution in [0, 0.1) is 5.82 Å². The monoisotopic (exact) mass is 490 g/mol.